The summed E-state index contributed by atoms with van der Waals surface area (Å²) < 4.78 is 5.17. The van der Waals surface area contributed by atoms with Gasteiger partial charge in [0.25, 0.3) is 0 Å². The highest BCUT2D eigenvalue weighted by Crippen LogP contribution is 2.20. The maximum absolute atomic E-state index is 12.2. The Labute approximate surface area is 126 Å². The number of carbonyl (C=O) groups is 1. The lowest BCUT2D eigenvalue weighted by Crippen LogP contribution is -2.53. The normalized spacial score (nSPS) is 16.7. The summed E-state index contributed by atoms with van der Waals surface area (Å²) in [7, 11) is 1.67. The highest BCUT2D eigenvalue weighted by molar-refractivity contribution is 5.81. The van der Waals surface area contributed by atoms with E-state index in [0.29, 0.717) is 0 Å². The minimum atomic E-state index is -0.345. The van der Waals surface area contributed by atoms with Crippen molar-refractivity contribution in [1.29, 1.82) is 0 Å². The number of methoxy groups -OCH3 is 1. The van der Waals surface area contributed by atoms with E-state index in [-0.39, 0.29) is 11.9 Å². The summed E-state index contributed by atoms with van der Waals surface area (Å²) in [6.45, 7) is 5.22. The van der Waals surface area contributed by atoms with Crippen LogP contribution in [0.5, 0.6) is 5.75 Å². The number of nitrogens with two attached hydrogens (primary N) is 1. The van der Waals surface area contributed by atoms with Crippen molar-refractivity contribution in [2.75, 3.05) is 38.2 Å². The standard InChI is InChI=1S/C16H25N3O2/c1-3-4-15(17)16(20)19-11-9-18(10-12-19)13-5-7-14(21-2)8-6-13/h5-8,15H,3-4,9-12,17H2,1-2H3. The van der Waals surface area contributed by atoms with Crippen molar-refractivity contribution in [3.05, 3.63) is 24.3 Å². The van der Waals surface area contributed by atoms with Crippen LogP contribution in [0.1, 0.15) is 19.8 Å². The van der Waals surface area contributed by atoms with Crippen LogP contribution < -0.4 is 15.4 Å². The second-order valence-electron chi connectivity index (χ2n) is 5.41. The molecule has 5 nitrogen and oxygen atoms in total. The van der Waals surface area contributed by atoms with Crippen molar-refractivity contribution in [3.63, 3.8) is 0 Å². The number of hydrogen-bond acceptors (Lipinski definition) is 4. The van der Waals surface area contributed by atoms with Gasteiger partial charge < -0.3 is 20.3 Å². The molecule has 2 N–H and O–H groups in total. The van der Waals surface area contributed by atoms with E-state index in [1.807, 2.05) is 17.0 Å². The highest BCUT2D eigenvalue weighted by Gasteiger charge is 2.24. The van der Waals surface area contributed by atoms with E-state index >= 15 is 0 Å². The van der Waals surface area contributed by atoms with Crippen LogP contribution in [0, 0.1) is 0 Å². The van der Waals surface area contributed by atoms with Gasteiger partial charge >= 0.3 is 0 Å². The maximum atomic E-state index is 12.2. The lowest BCUT2D eigenvalue weighted by molar-refractivity contribution is -0.133. The van der Waals surface area contributed by atoms with Crippen molar-refractivity contribution in [2.24, 2.45) is 5.73 Å². The quantitative estimate of drug-likeness (QED) is 0.892. The Morgan fingerprint density at radius 2 is 1.86 bits per heavy atom. The third-order valence-corrected chi connectivity index (χ3v) is 3.95. The molecular formula is C16H25N3O2. The Morgan fingerprint density at radius 3 is 2.38 bits per heavy atom. The Balaban J connectivity index is 1.89. The van der Waals surface area contributed by atoms with Crippen LogP contribution in [0.2, 0.25) is 0 Å². The van der Waals surface area contributed by atoms with Gasteiger partial charge in [0.1, 0.15) is 5.75 Å². The molecule has 0 saturated carbocycles. The van der Waals surface area contributed by atoms with Crippen LogP contribution in [0.4, 0.5) is 5.69 Å². The second kappa shape index (κ2) is 7.31. The van der Waals surface area contributed by atoms with E-state index in [1.54, 1.807) is 7.11 Å². The van der Waals surface area contributed by atoms with Gasteiger partial charge in [-0.15, -0.1) is 0 Å². The summed E-state index contributed by atoms with van der Waals surface area (Å²) in [5, 5.41) is 0. The topological polar surface area (TPSA) is 58.8 Å². The zero-order valence-electron chi connectivity index (χ0n) is 12.9. The predicted molar refractivity (Wildman–Crippen MR) is 84.7 cm³/mol. The van der Waals surface area contributed by atoms with Crippen LogP contribution in [0.25, 0.3) is 0 Å². The molecule has 1 unspecified atom stereocenters. The fourth-order valence-corrected chi connectivity index (χ4v) is 2.65. The first-order valence-electron chi connectivity index (χ1n) is 7.59. The van der Waals surface area contributed by atoms with Gasteiger partial charge in [-0.25, -0.2) is 0 Å². The summed E-state index contributed by atoms with van der Waals surface area (Å²) in [5.41, 5.74) is 7.08. The molecule has 1 aromatic rings. The number of rotatable bonds is 5. The summed E-state index contributed by atoms with van der Waals surface area (Å²) >= 11 is 0. The van der Waals surface area contributed by atoms with E-state index < -0.39 is 0 Å². The molecule has 1 aliphatic rings. The third-order valence-electron chi connectivity index (χ3n) is 3.95. The van der Waals surface area contributed by atoms with E-state index in [1.165, 1.54) is 5.69 Å². The molecule has 0 aliphatic carbocycles. The summed E-state index contributed by atoms with van der Waals surface area (Å²) in [4.78, 5) is 16.4. The third kappa shape index (κ3) is 3.88. The van der Waals surface area contributed by atoms with E-state index in [0.717, 1.165) is 44.8 Å². The van der Waals surface area contributed by atoms with Gasteiger partial charge in [-0.05, 0) is 30.7 Å². The number of benzene rings is 1. The van der Waals surface area contributed by atoms with Crippen molar-refractivity contribution in [1.82, 2.24) is 4.90 Å². The van der Waals surface area contributed by atoms with Gasteiger partial charge in [-0.1, -0.05) is 13.3 Å². The SMILES string of the molecule is CCCC(N)C(=O)N1CCN(c2ccc(OC)cc2)CC1. The zero-order chi connectivity index (χ0) is 15.2. The summed E-state index contributed by atoms with van der Waals surface area (Å²) in [5.74, 6) is 0.948. The second-order valence-corrected chi connectivity index (χ2v) is 5.41. The number of carbonyl (C=O) groups excluding carboxylic acids is 1. The number of anilines is 1. The molecule has 0 bridgehead atoms. The smallest absolute Gasteiger partial charge is 0.239 e. The molecular weight excluding hydrogens is 266 g/mol. The number of piperazine rings is 1. The van der Waals surface area contributed by atoms with Crippen molar-refractivity contribution in [3.8, 4) is 5.75 Å². The summed E-state index contributed by atoms with van der Waals surface area (Å²) in [6, 6.07) is 7.69. The molecule has 2 rings (SSSR count). The molecule has 1 fully saturated rings. The van der Waals surface area contributed by atoms with Crippen LogP contribution in [-0.2, 0) is 4.79 Å². The predicted octanol–water partition coefficient (Wildman–Crippen LogP) is 1.47. The van der Waals surface area contributed by atoms with Gasteiger partial charge in [0.2, 0.25) is 5.91 Å². The molecule has 0 spiro atoms. The molecule has 21 heavy (non-hydrogen) atoms. The molecule has 5 heteroatoms. The molecule has 1 amide bonds. The van der Waals surface area contributed by atoms with E-state index in [2.05, 4.69) is 24.0 Å². The molecule has 1 saturated heterocycles. The minimum Gasteiger partial charge on any atom is -0.497 e. The molecule has 0 radical (unpaired) electrons. The lowest BCUT2D eigenvalue weighted by atomic mass is 10.1. The monoisotopic (exact) mass is 291 g/mol. The average molecular weight is 291 g/mol. The average Bonchev–Trinajstić information content (AvgIpc) is 2.54. The number of amides is 1. The van der Waals surface area contributed by atoms with E-state index in [4.69, 9.17) is 10.5 Å². The fourth-order valence-electron chi connectivity index (χ4n) is 2.65. The highest BCUT2D eigenvalue weighted by atomic mass is 16.5. The molecule has 0 aromatic heterocycles. The number of nitrogens with zero attached hydrogens (tertiary/aromatic N) is 2. The lowest BCUT2D eigenvalue weighted by Gasteiger charge is -2.37. The first-order chi connectivity index (χ1) is 10.2. The van der Waals surface area contributed by atoms with Crippen LogP contribution in [0.15, 0.2) is 24.3 Å². The van der Waals surface area contributed by atoms with Gasteiger partial charge in [0.05, 0.1) is 13.2 Å². The summed E-state index contributed by atoms with van der Waals surface area (Å²) in [6.07, 6.45) is 1.70. The van der Waals surface area contributed by atoms with E-state index in [9.17, 15) is 4.79 Å². The van der Waals surface area contributed by atoms with Gasteiger partial charge in [-0.3, -0.25) is 4.79 Å². The van der Waals surface area contributed by atoms with Crippen molar-refractivity contribution < 1.29 is 9.53 Å². The van der Waals surface area contributed by atoms with Crippen LogP contribution >= 0.6 is 0 Å². The number of ether oxygens (including phenoxy) is 1. The molecule has 116 valence electrons. The van der Waals surface area contributed by atoms with Crippen molar-refractivity contribution >= 4 is 11.6 Å². The maximum Gasteiger partial charge on any atom is 0.239 e. The van der Waals surface area contributed by atoms with Gasteiger partial charge in [0, 0.05) is 31.9 Å². The first-order valence-corrected chi connectivity index (χ1v) is 7.59. The first kappa shape index (κ1) is 15.6. The Kier molecular flexibility index (Phi) is 5.44. The molecule has 1 heterocycles. The Hall–Kier alpha value is -1.75. The minimum absolute atomic E-state index is 0.0891. The zero-order valence-corrected chi connectivity index (χ0v) is 12.9. The van der Waals surface area contributed by atoms with Crippen LogP contribution in [0.3, 0.4) is 0 Å². The Bertz CT molecular complexity index is 453. The number of hydrogen-bond donors (Lipinski definition) is 1. The molecule has 1 aromatic carbocycles. The van der Waals surface area contributed by atoms with Gasteiger partial charge in [-0.2, -0.15) is 0 Å². The van der Waals surface area contributed by atoms with Crippen LogP contribution in [-0.4, -0.2) is 50.1 Å². The molecule has 1 aliphatic heterocycles. The Morgan fingerprint density at radius 1 is 1.24 bits per heavy atom. The molecule has 1 atom stereocenters. The fraction of sp³-hybridized carbons (Fsp3) is 0.562. The van der Waals surface area contributed by atoms with Gasteiger partial charge in [0.15, 0.2) is 0 Å². The largest absolute Gasteiger partial charge is 0.497 e. The van der Waals surface area contributed by atoms with Crippen molar-refractivity contribution in [2.45, 2.75) is 25.8 Å².